The molecule has 1 aliphatic heterocycles. The standard InChI is InChI=1S/C17H23F2N3O/c1-10-7-12(5-6-20-10)21-17(23)22-16-4-2-3-13-14(16)8-11(18)9-15(13)19/h8-10,12,16,20H,2-7H2,1H3,(H2,21,22,23)/t10?,12?,16-/m0/s1. The third-order valence-electron chi connectivity index (χ3n) is 4.75. The van der Waals surface area contributed by atoms with E-state index in [1.807, 2.05) is 0 Å². The van der Waals surface area contributed by atoms with Gasteiger partial charge >= 0.3 is 6.03 Å². The monoisotopic (exact) mass is 323 g/mol. The maximum atomic E-state index is 13.9. The number of amides is 2. The van der Waals surface area contributed by atoms with Gasteiger partial charge in [0.2, 0.25) is 0 Å². The molecule has 0 spiro atoms. The molecule has 1 heterocycles. The molecule has 0 radical (unpaired) electrons. The average molecular weight is 323 g/mol. The van der Waals surface area contributed by atoms with E-state index >= 15 is 0 Å². The number of urea groups is 1. The Labute approximate surface area is 135 Å². The normalized spacial score (nSPS) is 27.2. The van der Waals surface area contributed by atoms with Crippen LogP contribution < -0.4 is 16.0 Å². The van der Waals surface area contributed by atoms with Crippen molar-refractivity contribution >= 4 is 6.03 Å². The molecule has 1 aliphatic carbocycles. The molecule has 3 atom stereocenters. The van der Waals surface area contributed by atoms with Gasteiger partial charge in [-0.25, -0.2) is 13.6 Å². The van der Waals surface area contributed by atoms with Gasteiger partial charge in [-0.15, -0.1) is 0 Å². The van der Waals surface area contributed by atoms with Crippen molar-refractivity contribution < 1.29 is 13.6 Å². The molecule has 2 unspecified atom stereocenters. The van der Waals surface area contributed by atoms with Gasteiger partial charge in [0.05, 0.1) is 6.04 Å². The van der Waals surface area contributed by atoms with E-state index in [0.29, 0.717) is 30.0 Å². The summed E-state index contributed by atoms with van der Waals surface area (Å²) in [4.78, 5) is 12.2. The summed E-state index contributed by atoms with van der Waals surface area (Å²) in [6.45, 7) is 2.98. The lowest BCUT2D eigenvalue weighted by molar-refractivity contribution is 0.225. The lowest BCUT2D eigenvalue weighted by Crippen LogP contribution is -2.50. The smallest absolute Gasteiger partial charge is 0.315 e. The Kier molecular flexibility index (Phi) is 4.80. The summed E-state index contributed by atoms with van der Waals surface area (Å²) in [6, 6.07) is 2.19. The second-order valence-corrected chi connectivity index (χ2v) is 6.59. The van der Waals surface area contributed by atoms with E-state index in [0.717, 1.165) is 31.9 Å². The zero-order chi connectivity index (χ0) is 16.4. The van der Waals surface area contributed by atoms with Crippen molar-refractivity contribution in [2.24, 2.45) is 0 Å². The van der Waals surface area contributed by atoms with Crippen LogP contribution in [0.2, 0.25) is 0 Å². The minimum atomic E-state index is -0.595. The van der Waals surface area contributed by atoms with Crippen molar-refractivity contribution in [3.05, 3.63) is 34.9 Å². The molecule has 6 heteroatoms. The molecule has 23 heavy (non-hydrogen) atoms. The Hall–Kier alpha value is -1.69. The third kappa shape index (κ3) is 3.80. The van der Waals surface area contributed by atoms with Crippen LogP contribution in [0.1, 0.15) is 49.8 Å². The maximum absolute atomic E-state index is 13.9. The van der Waals surface area contributed by atoms with Gasteiger partial charge in [0.25, 0.3) is 0 Å². The molecule has 0 saturated carbocycles. The van der Waals surface area contributed by atoms with E-state index in [9.17, 15) is 13.6 Å². The van der Waals surface area contributed by atoms with Crippen LogP contribution in [0.5, 0.6) is 0 Å². The van der Waals surface area contributed by atoms with Crippen molar-refractivity contribution in [2.45, 2.75) is 57.2 Å². The first-order valence-corrected chi connectivity index (χ1v) is 8.31. The molecule has 3 N–H and O–H groups in total. The first-order chi connectivity index (χ1) is 11.0. The Morgan fingerprint density at radius 2 is 2.09 bits per heavy atom. The Morgan fingerprint density at radius 3 is 2.87 bits per heavy atom. The van der Waals surface area contributed by atoms with Crippen LogP contribution in [-0.2, 0) is 6.42 Å². The van der Waals surface area contributed by atoms with Crippen molar-refractivity contribution in [2.75, 3.05) is 6.54 Å². The van der Waals surface area contributed by atoms with E-state index in [2.05, 4.69) is 22.9 Å². The van der Waals surface area contributed by atoms with Gasteiger partial charge in [-0.2, -0.15) is 0 Å². The van der Waals surface area contributed by atoms with Gasteiger partial charge in [0.15, 0.2) is 0 Å². The highest BCUT2D eigenvalue weighted by Gasteiger charge is 2.26. The first-order valence-electron chi connectivity index (χ1n) is 8.31. The molecule has 0 bridgehead atoms. The molecule has 3 rings (SSSR count). The maximum Gasteiger partial charge on any atom is 0.315 e. The number of carbonyl (C=O) groups excluding carboxylic acids is 1. The molecule has 1 aromatic rings. The molecule has 4 nitrogen and oxygen atoms in total. The number of fused-ring (bicyclic) bond motifs is 1. The summed E-state index contributed by atoms with van der Waals surface area (Å²) in [5.74, 6) is -1.11. The zero-order valence-corrected chi connectivity index (χ0v) is 13.3. The van der Waals surface area contributed by atoms with E-state index in [-0.39, 0.29) is 18.1 Å². The fourth-order valence-electron chi connectivity index (χ4n) is 3.63. The fraction of sp³-hybridized carbons (Fsp3) is 0.588. The van der Waals surface area contributed by atoms with Crippen molar-refractivity contribution in [1.82, 2.24) is 16.0 Å². The first kappa shape index (κ1) is 16.2. The molecular weight excluding hydrogens is 300 g/mol. The molecule has 126 valence electrons. The van der Waals surface area contributed by atoms with E-state index in [1.165, 1.54) is 6.07 Å². The second-order valence-electron chi connectivity index (χ2n) is 6.59. The SMILES string of the molecule is CC1CC(NC(=O)N[C@H]2CCCc3c(F)cc(F)cc32)CCN1. The topological polar surface area (TPSA) is 53.2 Å². The highest BCUT2D eigenvalue weighted by molar-refractivity contribution is 5.75. The van der Waals surface area contributed by atoms with Gasteiger partial charge < -0.3 is 16.0 Å². The zero-order valence-electron chi connectivity index (χ0n) is 13.3. The summed E-state index contributed by atoms with van der Waals surface area (Å²) in [6.07, 6.45) is 3.85. The van der Waals surface area contributed by atoms with Crippen LogP contribution in [-0.4, -0.2) is 24.7 Å². The number of carbonyl (C=O) groups is 1. The van der Waals surface area contributed by atoms with Crippen molar-refractivity contribution in [1.29, 1.82) is 0 Å². The van der Waals surface area contributed by atoms with E-state index in [4.69, 9.17) is 0 Å². The largest absolute Gasteiger partial charge is 0.335 e. The predicted molar refractivity (Wildman–Crippen MR) is 84.2 cm³/mol. The lowest BCUT2D eigenvalue weighted by atomic mass is 9.87. The van der Waals surface area contributed by atoms with E-state index in [1.54, 1.807) is 0 Å². The second kappa shape index (κ2) is 6.83. The number of benzene rings is 1. The number of halogens is 2. The fourth-order valence-corrected chi connectivity index (χ4v) is 3.63. The third-order valence-corrected chi connectivity index (χ3v) is 4.75. The van der Waals surface area contributed by atoms with Gasteiger partial charge in [-0.05, 0) is 62.8 Å². The minimum absolute atomic E-state index is 0.138. The van der Waals surface area contributed by atoms with Crippen molar-refractivity contribution in [3.8, 4) is 0 Å². The van der Waals surface area contributed by atoms with Gasteiger partial charge in [-0.3, -0.25) is 0 Å². The molecule has 0 aromatic heterocycles. The van der Waals surface area contributed by atoms with Crippen LogP contribution in [0.25, 0.3) is 0 Å². The number of piperidine rings is 1. The highest BCUT2D eigenvalue weighted by Crippen LogP contribution is 2.32. The van der Waals surface area contributed by atoms with Crippen LogP contribution in [0.4, 0.5) is 13.6 Å². The van der Waals surface area contributed by atoms with Gasteiger partial charge in [0.1, 0.15) is 11.6 Å². The van der Waals surface area contributed by atoms with Crippen molar-refractivity contribution in [3.63, 3.8) is 0 Å². The van der Waals surface area contributed by atoms with Gasteiger partial charge in [-0.1, -0.05) is 0 Å². The molecule has 1 saturated heterocycles. The highest BCUT2D eigenvalue weighted by atomic mass is 19.1. The molecule has 2 amide bonds. The summed E-state index contributed by atoms with van der Waals surface area (Å²) in [7, 11) is 0. The Morgan fingerprint density at radius 1 is 1.26 bits per heavy atom. The predicted octanol–water partition coefficient (Wildman–Crippen LogP) is 2.78. The number of hydrogen-bond acceptors (Lipinski definition) is 2. The quantitative estimate of drug-likeness (QED) is 0.784. The van der Waals surface area contributed by atoms with E-state index < -0.39 is 11.6 Å². The lowest BCUT2D eigenvalue weighted by Gasteiger charge is -2.31. The number of rotatable bonds is 2. The average Bonchev–Trinajstić information content (AvgIpc) is 2.48. The molecule has 1 fully saturated rings. The van der Waals surface area contributed by atoms with Crippen LogP contribution in [0.15, 0.2) is 12.1 Å². The summed E-state index contributed by atoms with van der Waals surface area (Å²) >= 11 is 0. The molecular formula is C17H23F2N3O. The Bertz CT molecular complexity index is 593. The molecule has 2 aliphatic rings. The minimum Gasteiger partial charge on any atom is -0.335 e. The molecule has 1 aromatic carbocycles. The number of nitrogens with one attached hydrogen (secondary N) is 3. The summed E-state index contributed by atoms with van der Waals surface area (Å²) in [5.41, 5.74) is 1.10. The van der Waals surface area contributed by atoms with Crippen LogP contribution in [0, 0.1) is 11.6 Å². The summed E-state index contributed by atoms with van der Waals surface area (Å²) < 4.78 is 27.4. The summed E-state index contributed by atoms with van der Waals surface area (Å²) in [5, 5.41) is 9.20. The van der Waals surface area contributed by atoms with Crippen LogP contribution in [0.3, 0.4) is 0 Å². The van der Waals surface area contributed by atoms with Gasteiger partial charge in [0, 0.05) is 18.2 Å². The number of hydrogen-bond donors (Lipinski definition) is 3. The Balaban J connectivity index is 1.66. The van der Waals surface area contributed by atoms with Crippen LogP contribution >= 0.6 is 0 Å².